The van der Waals surface area contributed by atoms with Crippen LogP contribution in [0.2, 0.25) is 0 Å². The third kappa shape index (κ3) is 5.10. The molecule has 2 rings (SSSR count). The van der Waals surface area contributed by atoms with Gasteiger partial charge in [-0.25, -0.2) is 0 Å². The Morgan fingerprint density at radius 1 is 1.05 bits per heavy atom. The monoisotopic (exact) mass is 290 g/mol. The molecule has 1 aliphatic heterocycles. The fraction of sp³-hybridized carbons (Fsp3) is 0.667. The lowest BCUT2D eigenvalue weighted by Crippen LogP contribution is -2.37. The van der Waals surface area contributed by atoms with Crippen molar-refractivity contribution in [3.63, 3.8) is 0 Å². The summed E-state index contributed by atoms with van der Waals surface area (Å²) in [6.07, 6.45) is 2.28. The first-order valence-electron chi connectivity index (χ1n) is 8.30. The standard InChI is InChI=1S/C18H30N2O/c1-14(2)16-6-8-17(9-7-16)15(3)19-12-18(21)13-20-10-4-5-11-20/h6-9,14-15,18-19,21H,4-5,10-13H2,1-3H3. The zero-order valence-electron chi connectivity index (χ0n) is 13.7. The van der Waals surface area contributed by atoms with Crippen LogP contribution in [0.1, 0.15) is 56.7 Å². The van der Waals surface area contributed by atoms with Gasteiger partial charge in [0.2, 0.25) is 0 Å². The third-order valence-electron chi connectivity index (χ3n) is 4.43. The van der Waals surface area contributed by atoms with E-state index in [1.807, 2.05) is 0 Å². The van der Waals surface area contributed by atoms with Crippen LogP contribution in [0.5, 0.6) is 0 Å². The highest BCUT2D eigenvalue weighted by Gasteiger charge is 2.16. The van der Waals surface area contributed by atoms with E-state index in [2.05, 4.69) is 55.3 Å². The maximum absolute atomic E-state index is 10.1. The Labute approximate surface area is 129 Å². The summed E-state index contributed by atoms with van der Waals surface area (Å²) < 4.78 is 0. The van der Waals surface area contributed by atoms with Gasteiger partial charge in [-0.05, 0) is 49.9 Å². The number of rotatable bonds is 7. The molecule has 1 aromatic rings. The lowest BCUT2D eigenvalue weighted by atomic mass is 9.99. The molecule has 3 nitrogen and oxygen atoms in total. The number of β-amino-alcohol motifs (C(OH)–C–C–N with tert-alkyl or cyclic N) is 1. The van der Waals surface area contributed by atoms with Gasteiger partial charge >= 0.3 is 0 Å². The Morgan fingerprint density at radius 3 is 2.19 bits per heavy atom. The van der Waals surface area contributed by atoms with Gasteiger partial charge in [0.25, 0.3) is 0 Å². The van der Waals surface area contributed by atoms with Crippen LogP contribution in [-0.4, -0.2) is 42.3 Å². The summed E-state index contributed by atoms with van der Waals surface area (Å²) in [4.78, 5) is 2.36. The molecular formula is C18H30N2O. The molecule has 2 N–H and O–H groups in total. The van der Waals surface area contributed by atoms with Crippen LogP contribution in [0.4, 0.5) is 0 Å². The van der Waals surface area contributed by atoms with Crippen molar-refractivity contribution >= 4 is 0 Å². The van der Waals surface area contributed by atoms with Crippen molar-refractivity contribution in [1.82, 2.24) is 10.2 Å². The van der Waals surface area contributed by atoms with Crippen molar-refractivity contribution in [3.05, 3.63) is 35.4 Å². The lowest BCUT2D eigenvalue weighted by Gasteiger charge is -2.22. The highest BCUT2D eigenvalue weighted by atomic mass is 16.3. The Morgan fingerprint density at radius 2 is 1.62 bits per heavy atom. The second kappa shape index (κ2) is 7.92. The number of hydrogen-bond acceptors (Lipinski definition) is 3. The van der Waals surface area contributed by atoms with Gasteiger partial charge < -0.3 is 15.3 Å². The lowest BCUT2D eigenvalue weighted by molar-refractivity contribution is 0.121. The van der Waals surface area contributed by atoms with Crippen LogP contribution in [0.3, 0.4) is 0 Å². The highest BCUT2D eigenvalue weighted by Crippen LogP contribution is 2.18. The Balaban J connectivity index is 1.76. The van der Waals surface area contributed by atoms with E-state index in [9.17, 15) is 5.11 Å². The largest absolute Gasteiger partial charge is 0.390 e. The summed E-state index contributed by atoms with van der Waals surface area (Å²) in [5.41, 5.74) is 2.66. The predicted octanol–water partition coefficient (Wildman–Crippen LogP) is 2.92. The summed E-state index contributed by atoms with van der Waals surface area (Å²) in [5, 5.41) is 13.6. The molecule has 0 saturated carbocycles. The number of nitrogens with one attached hydrogen (secondary N) is 1. The van der Waals surface area contributed by atoms with Gasteiger partial charge in [-0.2, -0.15) is 0 Å². The second-order valence-electron chi connectivity index (χ2n) is 6.61. The average molecular weight is 290 g/mol. The van der Waals surface area contributed by atoms with Gasteiger partial charge in [-0.1, -0.05) is 38.1 Å². The van der Waals surface area contributed by atoms with E-state index >= 15 is 0 Å². The fourth-order valence-electron chi connectivity index (χ4n) is 2.93. The van der Waals surface area contributed by atoms with Crippen LogP contribution < -0.4 is 5.32 Å². The molecule has 0 aromatic heterocycles. The minimum Gasteiger partial charge on any atom is -0.390 e. The number of hydrogen-bond donors (Lipinski definition) is 2. The molecule has 0 spiro atoms. The molecule has 1 fully saturated rings. The first kappa shape index (κ1) is 16.5. The molecular weight excluding hydrogens is 260 g/mol. The molecule has 3 heteroatoms. The van der Waals surface area contributed by atoms with Gasteiger partial charge in [0.1, 0.15) is 0 Å². The van der Waals surface area contributed by atoms with Crippen LogP contribution in [0.25, 0.3) is 0 Å². The number of nitrogens with zero attached hydrogens (tertiary/aromatic N) is 1. The molecule has 0 aliphatic carbocycles. The Hall–Kier alpha value is -0.900. The number of aliphatic hydroxyl groups is 1. The summed E-state index contributed by atoms with van der Waals surface area (Å²) in [5.74, 6) is 0.574. The average Bonchev–Trinajstić information content (AvgIpc) is 2.97. The Kier molecular flexibility index (Phi) is 6.22. The zero-order valence-corrected chi connectivity index (χ0v) is 13.7. The molecule has 118 valence electrons. The van der Waals surface area contributed by atoms with Crippen LogP contribution >= 0.6 is 0 Å². The van der Waals surface area contributed by atoms with Crippen molar-refractivity contribution in [2.75, 3.05) is 26.2 Å². The van der Waals surface area contributed by atoms with E-state index in [1.165, 1.54) is 24.0 Å². The Bertz CT molecular complexity index is 410. The normalized spacial score (nSPS) is 19.1. The van der Waals surface area contributed by atoms with E-state index in [4.69, 9.17) is 0 Å². The first-order chi connectivity index (χ1) is 10.1. The van der Waals surface area contributed by atoms with Crippen LogP contribution in [0.15, 0.2) is 24.3 Å². The fourth-order valence-corrected chi connectivity index (χ4v) is 2.93. The summed E-state index contributed by atoms with van der Waals surface area (Å²) >= 11 is 0. The summed E-state index contributed by atoms with van der Waals surface area (Å²) in [6.45, 7) is 10.3. The number of aliphatic hydroxyl groups excluding tert-OH is 1. The first-order valence-corrected chi connectivity index (χ1v) is 8.30. The maximum atomic E-state index is 10.1. The van der Waals surface area contributed by atoms with Crippen molar-refractivity contribution in [2.24, 2.45) is 0 Å². The molecule has 1 heterocycles. The maximum Gasteiger partial charge on any atom is 0.0791 e. The van der Waals surface area contributed by atoms with Gasteiger partial charge in [-0.15, -0.1) is 0 Å². The van der Waals surface area contributed by atoms with Gasteiger partial charge in [0, 0.05) is 19.1 Å². The molecule has 0 amide bonds. The molecule has 1 aromatic carbocycles. The van der Waals surface area contributed by atoms with E-state index in [1.54, 1.807) is 0 Å². The van der Waals surface area contributed by atoms with E-state index < -0.39 is 0 Å². The smallest absolute Gasteiger partial charge is 0.0791 e. The van der Waals surface area contributed by atoms with Crippen molar-refractivity contribution in [3.8, 4) is 0 Å². The van der Waals surface area contributed by atoms with E-state index in [0.717, 1.165) is 19.6 Å². The van der Waals surface area contributed by atoms with Gasteiger partial charge in [0.15, 0.2) is 0 Å². The molecule has 0 radical (unpaired) electrons. The molecule has 0 bridgehead atoms. The zero-order chi connectivity index (χ0) is 15.2. The molecule has 21 heavy (non-hydrogen) atoms. The molecule has 1 saturated heterocycles. The molecule has 1 aliphatic rings. The second-order valence-corrected chi connectivity index (χ2v) is 6.61. The predicted molar refractivity (Wildman–Crippen MR) is 88.6 cm³/mol. The minimum absolute atomic E-state index is 0.277. The van der Waals surface area contributed by atoms with Gasteiger partial charge in [0.05, 0.1) is 6.10 Å². The van der Waals surface area contributed by atoms with E-state index in [0.29, 0.717) is 12.5 Å². The highest BCUT2D eigenvalue weighted by molar-refractivity contribution is 5.26. The SMILES string of the molecule is CC(C)c1ccc(C(C)NCC(O)CN2CCCC2)cc1. The topological polar surface area (TPSA) is 35.5 Å². The van der Waals surface area contributed by atoms with Gasteiger partial charge in [-0.3, -0.25) is 0 Å². The number of likely N-dealkylation sites (tertiary alicyclic amines) is 1. The number of benzene rings is 1. The van der Waals surface area contributed by atoms with Crippen LogP contribution in [0, 0.1) is 0 Å². The quantitative estimate of drug-likeness (QED) is 0.810. The third-order valence-corrected chi connectivity index (χ3v) is 4.43. The van der Waals surface area contributed by atoms with Crippen molar-refractivity contribution in [2.45, 2.75) is 51.7 Å². The van der Waals surface area contributed by atoms with Crippen molar-refractivity contribution in [1.29, 1.82) is 0 Å². The molecule has 2 atom stereocenters. The minimum atomic E-state index is -0.277. The summed E-state index contributed by atoms with van der Waals surface area (Å²) in [7, 11) is 0. The van der Waals surface area contributed by atoms with Crippen LogP contribution in [-0.2, 0) is 0 Å². The summed E-state index contributed by atoms with van der Waals surface area (Å²) in [6, 6.07) is 9.08. The van der Waals surface area contributed by atoms with E-state index in [-0.39, 0.29) is 12.1 Å². The van der Waals surface area contributed by atoms with Crippen molar-refractivity contribution < 1.29 is 5.11 Å². The molecule has 2 unspecified atom stereocenters.